The first-order valence-electron chi connectivity index (χ1n) is 6.13. The van der Waals surface area contributed by atoms with Crippen LogP contribution >= 0.6 is 35.3 Å². The van der Waals surface area contributed by atoms with Gasteiger partial charge in [-0.05, 0) is 30.3 Å². The van der Waals surface area contributed by atoms with Gasteiger partial charge in [-0.2, -0.15) is 5.26 Å². The molecule has 0 radical (unpaired) electrons. The molecule has 0 aliphatic carbocycles. The molecule has 2 nitrogen and oxygen atoms in total. The number of aromatic nitrogens is 1. The molecule has 0 fully saturated rings. The molecule has 0 amide bonds. The van der Waals surface area contributed by atoms with E-state index >= 15 is 0 Å². The molecule has 0 aliphatic rings. The van der Waals surface area contributed by atoms with E-state index in [1.165, 1.54) is 11.3 Å². The topological polar surface area (TPSA) is 36.7 Å². The molecule has 3 rings (SSSR count). The number of fused-ring (bicyclic) bond motifs is 1. The van der Waals surface area contributed by atoms with Crippen LogP contribution in [-0.2, 0) is 0 Å². The lowest BCUT2D eigenvalue weighted by Crippen LogP contribution is -1.78. The number of hydrogen-bond acceptors (Lipinski definition) is 5. The van der Waals surface area contributed by atoms with Gasteiger partial charge in [0.1, 0.15) is 11.1 Å². The SMILES string of the molecule is C=C(S)c1ccc(/C=C(\C#N)c2nc3ccccc3s2)s1. The van der Waals surface area contributed by atoms with Crippen LogP contribution in [-0.4, -0.2) is 4.98 Å². The minimum Gasteiger partial charge on any atom is -0.235 e. The Labute approximate surface area is 136 Å². The molecule has 0 N–H and O–H groups in total. The van der Waals surface area contributed by atoms with Crippen molar-refractivity contribution in [3.05, 3.63) is 57.7 Å². The zero-order chi connectivity index (χ0) is 14.8. The molecule has 0 bridgehead atoms. The number of thiol groups is 1. The quantitative estimate of drug-likeness (QED) is 0.522. The first kappa shape index (κ1) is 14.1. The summed E-state index contributed by atoms with van der Waals surface area (Å²) in [6, 6.07) is 14.1. The average Bonchev–Trinajstić information content (AvgIpc) is 3.11. The van der Waals surface area contributed by atoms with Gasteiger partial charge in [0.25, 0.3) is 0 Å². The molecule has 0 unspecified atom stereocenters. The van der Waals surface area contributed by atoms with E-state index in [4.69, 9.17) is 0 Å². The molecule has 3 aromatic rings. The van der Waals surface area contributed by atoms with Crippen molar-refractivity contribution < 1.29 is 0 Å². The predicted molar refractivity (Wildman–Crippen MR) is 95.4 cm³/mol. The lowest BCUT2D eigenvalue weighted by Gasteiger charge is -1.91. The number of rotatable bonds is 3. The molecule has 0 spiro atoms. The van der Waals surface area contributed by atoms with Gasteiger partial charge in [-0.3, -0.25) is 0 Å². The van der Waals surface area contributed by atoms with E-state index in [0.717, 1.165) is 29.9 Å². The van der Waals surface area contributed by atoms with E-state index in [-0.39, 0.29) is 0 Å². The predicted octanol–water partition coefficient (Wildman–Crippen LogP) is 5.32. The molecule has 2 heterocycles. The number of hydrogen-bond donors (Lipinski definition) is 1. The zero-order valence-electron chi connectivity index (χ0n) is 10.9. The number of nitrogens with zero attached hydrogens (tertiary/aromatic N) is 2. The van der Waals surface area contributed by atoms with Crippen molar-refractivity contribution in [1.82, 2.24) is 4.98 Å². The second kappa shape index (κ2) is 5.86. The lowest BCUT2D eigenvalue weighted by molar-refractivity contribution is 1.44. The molecular weight excluding hydrogens is 316 g/mol. The highest BCUT2D eigenvalue weighted by Gasteiger charge is 2.09. The fourth-order valence-corrected chi connectivity index (χ4v) is 3.82. The monoisotopic (exact) mass is 326 g/mol. The second-order valence-corrected chi connectivity index (χ2v) is 6.99. The first-order valence-corrected chi connectivity index (χ1v) is 8.21. The minimum atomic E-state index is 0.578. The van der Waals surface area contributed by atoms with E-state index in [1.807, 2.05) is 42.5 Å². The fraction of sp³-hybridized carbons (Fsp3) is 0. The molecule has 2 aromatic heterocycles. The van der Waals surface area contributed by atoms with Crippen molar-refractivity contribution in [3.63, 3.8) is 0 Å². The molecule has 21 heavy (non-hydrogen) atoms. The highest BCUT2D eigenvalue weighted by Crippen LogP contribution is 2.31. The molecular formula is C16H10N2S3. The van der Waals surface area contributed by atoms with E-state index < -0.39 is 0 Å². The van der Waals surface area contributed by atoms with Crippen LogP contribution < -0.4 is 0 Å². The Kier molecular flexibility index (Phi) is 3.93. The lowest BCUT2D eigenvalue weighted by atomic mass is 10.2. The summed E-state index contributed by atoms with van der Waals surface area (Å²) < 4.78 is 1.09. The van der Waals surface area contributed by atoms with Gasteiger partial charge in [-0.1, -0.05) is 18.7 Å². The number of para-hydroxylation sites is 1. The third kappa shape index (κ3) is 2.93. The van der Waals surface area contributed by atoms with Gasteiger partial charge in [-0.15, -0.1) is 35.3 Å². The van der Waals surface area contributed by atoms with Crippen LogP contribution in [0.15, 0.2) is 43.0 Å². The minimum absolute atomic E-state index is 0.578. The van der Waals surface area contributed by atoms with Crippen molar-refractivity contribution in [2.75, 3.05) is 0 Å². The number of benzene rings is 1. The van der Waals surface area contributed by atoms with Gasteiger partial charge >= 0.3 is 0 Å². The van der Waals surface area contributed by atoms with Crippen LogP contribution in [0.25, 0.3) is 26.8 Å². The van der Waals surface area contributed by atoms with Crippen LogP contribution in [0, 0.1) is 11.3 Å². The summed E-state index contributed by atoms with van der Waals surface area (Å²) in [5.41, 5.74) is 1.50. The fourth-order valence-electron chi connectivity index (χ4n) is 1.86. The van der Waals surface area contributed by atoms with Gasteiger partial charge in [0.2, 0.25) is 0 Å². The zero-order valence-corrected chi connectivity index (χ0v) is 13.4. The van der Waals surface area contributed by atoms with Gasteiger partial charge < -0.3 is 0 Å². The Morgan fingerprint density at radius 1 is 1.24 bits per heavy atom. The molecule has 0 atom stereocenters. The van der Waals surface area contributed by atoms with Gasteiger partial charge in [0.15, 0.2) is 0 Å². The molecule has 0 saturated heterocycles. The van der Waals surface area contributed by atoms with Crippen molar-refractivity contribution in [3.8, 4) is 6.07 Å². The van der Waals surface area contributed by atoms with Crippen molar-refractivity contribution >= 4 is 62.1 Å². The van der Waals surface area contributed by atoms with E-state index in [9.17, 15) is 5.26 Å². The van der Waals surface area contributed by atoms with Crippen LogP contribution in [0.4, 0.5) is 0 Å². The van der Waals surface area contributed by atoms with Crippen LogP contribution in [0.2, 0.25) is 0 Å². The number of thiazole rings is 1. The van der Waals surface area contributed by atoms with Gasteiger partial charge in [-0.25, -0.2) is 4.98 Å². The summed E-state index contributed by atoms with van der Waals surface area (Å²) in [7, 11) is 0. The van der Waals surface area contributed by atoms with Crippen molar-refractivity contribution in [1.29, 1.82) is 5.26 Å². The third-order valence-corrected chi connectivity index (χ3v) is 5.40. The molecule has 1 aromatic carbocycles. The van der Waals surface area contributed by atoms with Crippen LogP contribution in [0.1, 0.15) is 14.8 Å². The number of thiophene rings is 1. The van der Waals surface area contributed by atoms with Gasteiger partial charge in [0, 0.05) is 14.7 Å². The van der Waals surface area contributed by atoms with E-state index in [2.05, 4.69) is 30.3 Å². The van der Waals surface area contributed by atoms with E-state index in [1.54, 1.807) is 11.3 Å². The maximum Gasteiger partial charge on any atom is 0.135 e. The summed E-state index contributed by atoms with van der Waals surface area (Å²) in [5, 5.41) is 10.2. The number of allylic oxidation sites excluding steroid dienone is 1. The van der Waals surface area contributed by atoms with E-state index in [0.29, 0.717) is 5.57 Å². The maximum absolute atomic E-state index is 9.40. The Balaban J connectivity index is 2.02. The van der Waals surface area contributed by atoms with Crippen LogP contribution in [0.3, 0.4) is 0 Å². The highest BCUT2D eigenvalue weighted by molar-refractivity contribution is 7.90. The van der Waals surface area contributed by atoms with Crippen LogP contribution in [0.5, 0.6) is 0 Å². The smallest absolute Gasteiger partial charge is 0.135 e. The Morgan fingerprint density at radius 3 is 2.71 bits per heavy atom. The Hall–Kier alpha value is -1.87. The van der Waals surface area contributed by atoms with Crippen molar-refractivity contribution in [2.24, 2.45) is 0 Å². The summed E-state index contributed by atoms with van der Waals surface area (Å²) in [6.07, 6.45) is 1.86. The largest absolute Gasteiger partial charge is 0.235 e. The Bertz CT molecular complexity index is 861. The molecule has 102 valence electrons. The third-order valence-electron chi connectivity index (χ3n) is 2.84. The average molecular weight is 326 g/mol. The molecule has 0 aliphatic heterocycles. The Morgan fingerprint density at radius 2 is 2.05 bits per heavy atom. The summed E-state index contributed by atoms with van der Waals surface area (Å²) in [5.74, 6) is 0. The molecule has 0 saturated carbocycles. The highest BCUT2D eigenvalue weighted by atomic mass is 32.1. The summed E-state index contributed by atoms with van der Waals surface area (Å²) in [4.78, 5) is 7.26. The second-order valence-electron chi connectivity index (χ2n) is 4.31. The first-order chi connectivity index (χ1) is 10.2. The van der Waals surface area contributed by atoms with Gasteiger partial charge in [0.05, 0.1) is 15.8 Å². The maximum atomic E-state index is 9.40. The van der Waals surface area contributed by atoms with Crippen molar-refractivity contribution in [2.45, 2.75) is 0 Å². The molecule has 5 heteroatoms. The standard InChI is InChI=1S/C16H10N2S3/c1-10(19)14-7-6-12(20-14)8-11(9-17)16-18-13-4-2-3-5-15(13)21-16/h2-8,19H,1H2/b11-8+. The number of nitriles is 1. The summed E-state index contributed by atoms with van der Waals surface area (Å²) in [6.45, 7) is 3.80. The summed E-state index contributed by atoms with van der Waals surface area (Å²) >= 11 is 7.33. The normalized spacial score (nSPS) is 11.5.